The highest BCUT2D eigenvalue weighted by Crippen LogP contribution is 2.26. The molecule has 0 saturated carbocycles. The van der Waals surface area contributed by atoms with Gasteiger partial charge in [0.2, 0.25) is 0 Å². The van der Waals surface area contributed by atoms with E-state index in [9.17, 15) is 4.39 Å². The third-order valence-corrected chi connectivity index (χ3v) is 2.36. The molecule has 0 amide bonds. The maximum absolute atomic E-state index is 13.3. The van der Waals surface area contributed by atoms with Gasteiger partial charge in [0.15, 0.2) is 5.15 Å². The molecule has 5 heteroatoms. The summed E-state index contributed by atoms with van der Waals surface area (Å²) in [4.78, 5) is 0. The summed E-state index contributed by atoms with van der Waals surface area (Å²) < 4.78 is 14.0. The standard InChI is InChI=1S/C8H3BrClFN2/c9-5-1-4-3-12-13-8(10)7(4)6(11)2-5/h1-3H. The summed E-state index contributed by atoms with van der Waals surface area (Å²) in [7, 11) is 0. The van der Waals surface area contributed by atoms with Gasteiger partial charge in [-0.25, -0.2) is 4.39 Å². The van der Waals surface area contributed by atoms with E-state index in [0.717, 1.165) is 0 Å². The van der Waals surface area contributed by atoms with Crippen LogP contribution < -0.4 is 0 Å². The number of fused-ring (bicyclic) bond motifs is 1. The zero-order chi connectivity index (χ0) is 9.42. The van der Waals surface area contributed by atoms with E-state index in [1.807, 2.05) is 0 Å². The smallest absolute Gasteiger partial charge is 0.162 e. The van der Waals surface area contributed by atoms with Crippen molar-refractivity contribution >= 4 is 38.3 Å². The fourth-order valence-electron chi connectivity index (χ4n) is 1.10. The molecule has 1 heterocycles. The Morgan fingerprint density at radius 3 is 2.92 bits per heavy atom. The van der Waals surface area contributed by atoms with Gasteiger partial charge in [0.05, 0.1) is 11.6 Å². The third kappa shape index (κ3) is 1.51. The van der Waals surface area contributed by atoms with Crippen molar-refractivity contribution in [3.05, 3.63) is 33.8 Å². The van der Waals surface area contributed by atoms with E-state index < -0.39 is 5.82 Å². The van der Waals surface area contributed by atoms with Gasteiger partial charge in [-0.1, -0.05) is 27.5 Å². The molecule has 0 N–H and O–H groups in total. The summed E-state index contributed by atoms with van der Waals surface area (Å²) in [5, 5.41) is 8.21. The molecule has 1 aromatic carbocycles. The molecule has 0 radical (unpaired) electrons. The van der Waals surface area contributed by atoms with Gasteiger partial charge in [-0.15, -0.1) is 5.10 Å². The van der Waals surface area contributed by atoms with Crippen LogP contribution in [-0.2, 0) is 0 Å². The van der Waals surface area contributed by atoms with Crippen LogP contribution in [0.25, 0.3) is 10.8 Å². The molecule has 0 aliphatic heterocycles. The van der Waals surface area contributed by atoms with Gasteiger partial charge in [-0.3, -0.25) is 0 Å². The predicted octanol–water partition coefficient (Wildman–Crippen LogP) is 3.18. The molecule has 0 spiro atoms. The Kier molecular flexibility index (Phi) is 2.17. The third-order valence-electron chi connectivity index (χ3n) is 1.63. The van der Waals surface area contributed by atoms with Crippen LogP contribution in [0, 0.1) is 5.82 Å². The average Bonchev–Trinajstić information content (AvgIpc) is 2.02. The second-order valence-electron chi connectivity index (χ2n) is 2.49. The molecule has 2 aromatic rings. The molecule has 0 atom stereocenters. The molecule has 13 heavy (non-hydrogen) atoms. The molecule has 0 aliphatic carbocycles. The fraction of sp³-hybridized carbons (Fsp3) is 0. The van der Waals surface area contributed by atoms with E-state index in [0.29, 0.717) is 15.2 Å². The molecule has 0 aliphatic rings. The van der Waals surface area contributed by atoms with Gasteiger partial charge in [0.1, 0.15) is 5.82 Å². The molecule has 0 bridgehead atoms. The van der Waals surface area contributed by atoms with Crippen molar-refractivity contribution in [1.82, 2.24) is 10.2 Å². The van der Waals surface area contributed by atoms with Gasteiger partial charge >= 0.3 is 0 Å². The van der Waals surface area contributed by atoms with E-state index in [1.54, 1.807) is 6.07 Å². The SMILES string of the molecule is Fc1cc(Br)cc2cnnc(Cl)c12. The van der Waals surface area contributed by atoms with Crippen LogP contribution >= 0.6 is 27.5 Å². The molecule has 2 nitrogen and oxygen atoms in total. The summed E-state index contributed by atoms with van der Waals surface area (Å²) >= 11 is 8.86. The minimum atomic E-state index is -0.399. The van der Waals surface area contributed by atoms with E-state index in [-0.39, 0.29) is 5.15 Å². The minimum Gasteiger partial charge on any atom is -0.206 e. The molecule has 0 fully saturated rings. The summed E-state index contributed by atoms with van der Waals surface area (Å²) in [6, 6.07) is 3.08. The van der Waals surface area contributed by atoms with E-state index in [2.05, 4.69) is 26.1 Å². The van der Waals surface area contributed by atoms with Crippen molar-refractivity contribution in [3.63, 3.8) is 0 Å². The Balaban J connectivity index is 2.94. The van der Waals surface area contributed by atoms with Crippen LogP contribution in [0.2, 0.25) is 5.15 Å². The zero-order valence-electron chi connectivity index (χ0n) is 6.26. The van der Waals surface area contributed by atoms with Crippen molar-refractivity contribution in [2.45, 2.75) is 0 Å². The molecule has 66 valence electrons. The quantitative estimate of drug-likeness (QED) is 0.728. The summed E-state index contributed by atoms with van der Waals surface area (Å²) in [5.41, 5.74) is 0. The Hall–Kier alpha value is -0.740. The maximum atomic E-state index is 13.3. The van der Waals surface area contributed by atoms with Gasteiger partial charge in [0.25, 0.3) is 0 Å². The first-order valence-electron chi connectivity index (χ1n) is 3.44. The van der Waals surface area contributed by atoms with Crippen LogP contribution in [-0.4, -0.2) is 10.2 Å². The Bertz CT molecular complexity index is 475. The van der Waals surface area contributed by atoms with Crippen molar-refractivity contribution < 1.29 is 4.39 Å². The van der Waals surface area contributed by atoms with Gasteiger partial charge in [-0.2, -0.15) is 5.10 Å². The molecule has 0 unspecified atom stereocenters. The minimum absolute atomic E-state index is 0.0856. The first kappa shape index (κ1) is 8.84. The Morgan fingerprint density at radius 1 is 1.38 bits per heavy atom. The van der Waals surface area contributed by atoms with Crippen molar-refractivity contribution in [3.8, 4) is 0 Å². The van der Waals surface area contributed by atoms with E-state index in [1.165, 1.54) is 12.3 Å². The summed E-state index contributed by atoms with van der Waals surface area (Å²) in [6.45, 7) is 0. The zero-order valence-corrected chi connectivity index (χ0v) is 8.60. The highest BCUT2D eigenvalue weighted by molar-refractivity contribution is 9.10. The molecular weight excluding hydrogens is 258 g/mol. The highest BCUT2D eigenvalue weighted by Gasteiger charge is 2.07. The topological polar surface area (TPSA) is 25.8 Å². The summed E-state index contributed by atoms with van der Waals surface area (Å²) in [6.07, 6.45) is 1.47. The monoisotopic (exact) mass is 260 g/mol. The lowest BCUT2D eigenvalue weighted by Crippen LogP contribution is -1.87. The lowest BCUT2D eigenvalue weighted by molar-refractivity contribution is 0.638. The Morgan fingerprint density at radius 2 is 2.15 bits per heavy atom. The average molecular weight is 261 g/mol. The van der Waals surface area contributed by atoms with Crippen LogP contribution in [0.1, 0.15) is 0 Å². The molecule has 2 rings (SSSR count). The van der Waals surface area contributed by atoms with Crippen molar-refractivity contribution in [2.24, 2.45) is 0 Å². The first-order valence-corrected chi connectivity index (χ1v) is 4.61. The maximum Gasteiger partial charge on any atom is 0.162 e. The van der Waals surface area contributed by atoms with Gasteiger partial charge < -0.3 is 0 Å². The first-order chi connectivity index (χ1) is 6.18. The number of benzene rings is 1. The molecule has 0 saturated heterocycles. The number of hydrogen-bond donors (Lipinski definition) is 0. The largest absolute Gasteiger partial charge is 0.206 e. The van der Waals surface area contributed by atoms with Gasteiger partial charge in [0, 0.05) is 9.86 Å². The predicted molar refractivity (Wildman–Crippen MR) is 52.2 cm³/mol. The molecule has 1 aromatic heterocycles. The lowest BCUT2D eigenvalue weighted by Gasteiger charge is -2.00. The van der Waals surface area contributed by atoms with E-state index >= 15 is 0 Å². The van der Waals surface area contributed by atoms with Crippen LogP contribution in [0.15, 0.2) is 22.8 Å². The number of halogens is 3. The second-order valence-corrected chi connectivity index (χ2v) is 3.76. The van der Waals surface area contributed by atoms with Crippen molar-refractivity contribution in [2.75, 3.05) is 0 Å². The number of rotatable bonds is 0. The Labute approximate surface area is 86.9 Å². The normalized spacial score (nSPS) is 10.7. The van der Waals surface area contributed by atoms with Crippen LogP contribution in [0.3, 0.4) is 0 Å². The van der Waals surface area contributed by atoms with Gasteiger partial charge in [-0.05, 0) is 12.1 Å². The fourth-order valence-corrected chi connectivity index (χ4v) is 1.80. The second kappa shape index (κ2) is 3.20. The van der Waals surface area contributed by atoms with Crippen LogP contribution in [0.5, 0.6) is 0 Å². The highest BCUT2D eigenvalue weighted by atomic mass is 79.9. The number of aromatic nitrogens is 2. The van der Waals surface area contributed by atoms with E-state index in [4.69, 9.17) is 11.6 Å². The summed E-state index contributed by atoms with van der Waals surface area (Å²) in [5.74, 6) is -0.399. The number of hydrogen-bond acceptors (Lipinski definition) is 2. The molecular formula is C8H3BrClFN2. The van der Waals surface area contributed by atoms with Crippen molar-refractivity contribution in [1.29, 1.82) is 0 Å². The van der Waals surface area contributed by atoms with Crippen LogP contribution in [0.4, 0.5) is 4.39 Å². The lowest BCUT2D eigenvalue weighted by atomic mass is 10.2. The number of nitrogens with zero attached hydrogens (tertiary/aromatic N) is 2.